The van der Waals surface area contributed by atoms with E-state index in [-0.39, 0.29) is 36.0 Å². The van der Waals surface area contributed by atoms with Gasteiger partial charge < -0.3 is 19.9 Å². The minimum atomic E-state index is -0.242. The summed E-state index contributed by atoms with van der Waals surface area (Å²) in [4.78, 5) is 41.0. The summed E-state index contributed by atoms with van der Waals surface area (Å²) < 4.78 is 7.19. The van der Waals surface area contributed by atoms with Crippen molar-refractivity contribution < 1.29 is 14.3 Å². The minimum Gasteiger partial charge on any atom is -0.489 e. The summed E-state index contributed by atoms with van der Waals surface area (Å²) in [5.74, 6) is 0.193. The van der Waals surface area contributed by atoms with Crippen molar-refractivity contribution in [3.05, 3.63) is 71.0 Å². The van der Waals surface area contributed by atoms with E-state index < -0.39 is 0 Å². The van der Waals surface area contributed by atoms with Crippen molar-refractivity contribution in [2.75, 3.05) is 19.6 Å². The standard InChI is InChI=1S/C26H33N4O4/c27-26(33)23-8-4-5-13-30(23)21-9-14-28(15-10-21)24(31)12-17-29-16-11-22(18-25(29)32)34-19-20-6-2-1-3-7-20/h1-3,6-7,11-12,16,18,21,23H,4-5,8-10,13-15,17,19H2,(H2,27,33). The highest BCUT2D eigenvalue weighted by Crippen LogP contribution is 2.25. The molecule has 2 aliphatic rings. The normalized spacial score (nSPS) is 19.6. The zero-order valence-electron chi connectivity index (χ0n) is 19.5. The summed E-state index contributed by atoms with van der Waals surface area (Å²) >= 11 is 0. The summed E-state index contributed by atoms with van der Waals surface area (Å²) in [6.07, 6.45) is 7.82. The van der Waals surface area contributed by atoms with Crippen LogP contribution in [0.1, 0.15) is 37.7 Å². The lowest BCUT2D eigenvalue weighted by molar-refractivity contribution is -0.131. The number of hydrogen-bond acceptors (Lipinski definition) is 5. The van der Waals surface area contributed by atoms with Crippen LogP contribution in [0.2, 0.25) is 0 Å². The lowest BCUT2D eigenvalue weighted by atomic mass is 9.94. The quantitative estimate of drug-likeness (QED) is 0.643. The topological polar surface area (TPSA) is 97.9 Å². The molecule has 34 heavy (non-hydrogen) atoms. The van der Waals surface area contributed by atoms with Crippen molar-refractivity contribution in [3.8, 4) is 5.75 Å². The molecule has 1 atom stereocenters. The predicted molar refractivity (Wildman–Crippen MR) is 129 cm³/mol. The van der Waals surface area contributed by atoms with Crippen LogP contribution in [0.15, 0.2) is 53.5 Å². The van der Waals surface area contributed by atoms with Gasteiger partial charge in [-0.2, -0.15) is 0 Å². The number of amides is 2. The SMILES string of the molecule is NC(=O)C1CCCCN1C1CCN(C(=O)[CH]Cn2ccc(OCc3ccccc3)cc2=O)CC1. The van der Waals surface area contributed by atoms with Crippen molar-refractivity contribution in [2.45, 2.75) is 57.3 Å². The molecule has 3 heterocycles. The maximum absolute atomic E-state index is 12.7. The predicted octanol–water partition coefficient (Wildman–Crippen LogP) is 1.96. The van der Waals surface area contributed by atoms with Crippen LogP contribution in [0.5, 0.6) is 5.75 Å². The van der Waals surface area contributed by atoms with E-state index in [1.54, 1.807) is 18.7 Å². The highest BCUT2D eigenvalue weighted by molar-refractivity contribution is 5.84. The van der Waals surface area contributed by atoms with Crippen LogP contribution < -0.4 is 16.0 Å². The molecule has 8 nitrogen and oxygen atoms in total. The molecule has 0 spiro atoms. The number of rotatable bonds is 8. The molecule has 8 heteroatoms. The third-order valence-corrected chi connectivity index (χ3v) is 6.80. The first kappa shape index (κ1) is 24.0. The molecule has 0 saturated carbocycles. The lowest BCUT2D eigenvalue weighted by Crippen LogP contribution is -2.55. The van der Waals surface area contributed by atoms with Crippen LogP contribution in [-0.2, 0) is 22.7 Å². The van der Waals surface area contributed by atoms with Gasteiger partial charge in [0.1, 0.15) is 12.4 Å². The molecule has 1 unspecified atom stereocenters. The number of ether oxygens (including phenoxy) is 1. The Bertz CT molecular complexity index is 1030. The number of carbonyl (C=O) groups is 2. The Morgan fingerprint density at radius 3 is 2.50 bits per heavy atom. The molecule has 2 amide bonds. The Hall–Kier alpha value is -3.13. The van der Waals surface area contributed by atoms with Crippen LogP contribution in [0, 0.1) is 6.42 Å². The molecular formula is C26H33N4O4. The van der Waals surface area contributed by atoms with Gasteiger partial charge in [-0.05, 0) is 43.9 Å². The van der Waals surface area contributed by atoms with Gasteiger partial charge >= 0.3 is 0 Å². The molecule has 0 bridgehead atoms. The Morgan fingerprint density at radius 2 is 1.79 bits per heavy atom. The van der Waals surface area contributed by atoms with E-state index in [1.807, 2.05) is 35.2 Å². The van der Waals surface area contributed by atoms with Crippen LogP contribution in [0.3, 0.4) is 0 Å². The molecule has 2 saturated heterocycles. The van der Waals surface area contributed by atoms with Crippen molar-refractivity contribution in [1.82, 2.24) is 14.4 Å². The highest BCUT2D eigenvalue weighted by Gasteiger charge is 2.34. The van der Waals surface area contributed by atoms with Crippen LogP contribution in [-0.4, -0.2) is 57.9 Å². The van der Waals surface area contributed by atoms with Crippen LogP contribution in [0.4, 0.5) is 0 Å². The fourth-order valence-corrected chi connectivity index (χ4v) is 4.89. The first-order valence-electron chi connectivity index (χ1n) is 12.1. The molecule has 1 radical (unpaired) electrons. The first-order valence-corrected chi connectivity index (χ1v) is 12.1. The van der Waals surface area contributed by atoms with Crippen molar-refractivity contribution in [3.63, 3.8) is 0 Å². The van der Waals surface area contributed by atoms with Crippen LogP contribution >= 0.6 is 0 Å². The van der Waals surface area contributed by atoms with E-state index in [1.165, 1.54) is 10.6 Å². The second kappa shape index (κ2) is 11.3. The summed E-state index contributed by atoms with van der Waals surface area (Å²) in [6, 6.07) is 13.0. The summed E-state index contributed by atoms with van der Waals surface area (Å²) in [5.41, 5.74) is 6.43. The third-order valence-electron chi connectivity index (χ3n) is 6.80. The smallest absolute Gasteiger partial charge is 0.254 e. The third kappa shape index (κ3) is 6.05. The van der Waals surface area contributed by atoms with Crippen LogP contribution in [0.25, 0.3) is 0 Å². The number of benzene rings is 1. The van der Waals surface area contributed by atoms with Crippen molar-refractivity contribution in [2.24, 2.45) is 5.73 Å². The molecule has 4 rings (SSSR count). The molecule has 1 aromatic heterocycles. The highest BCUT2D eigenvalue weighted by atomic mass is 16.5. The van der Waals surface area contributed by atoms with Gasteiger partial charge in [-0.25, -0.2) is 0 Å². The monoisotopic (exact) mass is 465 g/mol. The average molecular weight is 466 g/mol. The number of likely N-dealkylation sites (tertiary alicyclic amines) is 2. The molecule has 2 aliphatic heterocycles. The van der Waals surface area contributed by atoms with E-state index in [9.17, 15) is 14.4 Å². The van der Waals surface area contributed by atoms with Gasteiger partial charge in [0.25, 0.3) is 5.56 Å². The van der Waals surface area contributed by atoms with Gasteiger partial charge in [-0.15, -0.1) is 0 Å². The van der Waals surface area contributed by atoms with Gasteiger partial charge in [0.05, 0.1) is 12.5 Å². The van der Waals surface area contributed by atoms with Gasteiger partial charge in [0, 0.05) is 37.9 Å². The van der Waals surface area contributed by atoms with E-state index in [2.05, 4.69) is 4.90 Å². The maximum Gasteiger partial charge on any atom is 0.254 e. The molecule has 2 N–H and O–H groups in total. The average Bonchev–Trinajstić information content (AvgIpc) is 2.87. The van der Waals surface area contributed by atoms with Gasteiger partial charge in [0.2, 0.25) is 11.8 Å². The van der Waals surface area contributed by atoms with E-state index >= 15 is 0 Å². The van der Waals surface area contributed by atoms with Crippen molar-refractivity contribution in [1.29, 1.82) is 0 Å². The molecule has 0 aliphatic carbocycles. The Balaban J connectivity index is 1.24. The Morgan fingerprint density at radius 1 is 1.03 bits per heavy atom. The summed E-state index contributed by atoms with van der Waals surface area (Å²) in [5, 5.41) is 0. The largest absolute Gasteiger partial charge is 0.489 e. The van der Waals surface area contributed by atoms with E-state index in [0.717, 1.165) is 44.2 Å². The molecule has 1 aromatic carbocycles. The molecule has 2 fully saturated rings. The number of nitrogens with zero attached hydrogens (tertiary/aromatic N) is 3. The lowest BCUT2D eigenvalue weighted by Gasteiger charge is -2.43. The first-order chi connectivity index (χ1) is 16.5. The zero-order chi connectivity index (χ0) is 23.9. The fourth-order valence-electron chi connectivity index (χ4n) is 4.89. The van der Waals surface area contributed by atoms with E-state index in [4.69, 9.17) is 10.5 Å². The van der Waals surface area contributed by atoms with Crippen molar-refractivity contribution >= 4 is 11.8 Å². The number of piperidine rings is 2. The minimum absolute atomic E-state index is 0.0696. The molecule has 2 aromatic rings. The summed E-state index contributed by atoms with van der Waals surface area (Å²) in [7, 11) is 0. The Kier molecular flexibility index (Phi) is 8.00. The number of hydrogen-bond donors (Lipinski definition) is 1. The van der Waals surface area contributed by atoms with Gasteiger partial charge in [0.15, 0.2) is 0 Å². The number of primary amides is 1. The second-order valence-electron chi connectivity index (χ2n) is 9.04. The van der Waals surface area contributed by atoms with Gasteiger partial charge in [-0.3, -0.25) is 19.3 Å². The second-order valence-corrected chi connectivity index (χ2v) is 9.04. The Labute approximate surface area is 200 Å². The fraction of sp³-hybridized carbons (Fsp3) is 0.462. The number of nitrogens with two attached hydrogens (primary N) is 1. The number of aromatic nitrogens is 1. The number of pyridine rings is 1. The maximum atomic E-state index is 12.7. The van der Waals surface area contributed by atoms with Gasteiger partial charge in [-0.1, -0.05) is 36.8 Å². The zero-order valence-corrected chi connectivity index (χ0v) is 19.5. The van der Waals surface area contributed by atoms with E-state index in [0.29, 0.717) is 25.4 Å². The molecule has 181 valence electrons. The number of carbonyl (C=O) groups excluding carboxylic acids is 2. The molecular weight excluding hydrogens is 432 g/mol. The summed E-state index contributed by atoms with van der Waals surface area (Å²) in [6.45, 7) is 2.79.